The predicted octanol–water partition coefficient (Wildman–Crippen LogP) is 18.7. The van der Waals surface area contributed by atoms with E-state index in [1.165, 1.54) is 135 Å². The highest BCUT2D eigenvalue weighted by molar-refractivity contribution is 5.71. The molecule has 0 aliphatic carbocycles. The molecule has 0 rings (SSSR count). The highest BCUT2D eigenvalue weighted by Gasteiger charge is 2.19. The third-order valence-electron chi connectivity index (χ3n) is 11.7. The molecule has 386 valence electrons. The molecular formula is C62H102O6. The minimum absolute atomic E-state index is 0.0940. The van der Waals surface area contributed by atoms with Crippen molar-refractivity contribution in [3.8, 4) is 0 Å². The van der Waals surface area contributed by atoms with Crippen molar-refractivity contribution in [3.05, 3.63) is 109 Å². The molecule has 0 fully saturated rings. The van der Waals surface area contributed by atoms with Crippen LogP contribution in [0.2, 0.25) is 0 Å². The minimum Gasteiger partial charge on any atom is -0.462 e. The van der Waals surface area contributed by atoms with Gasteiger partial charge >= 0.3 is 17.9 Å². The Hall–Kier alpha value is -3.93. The van der Waals surface area contributed by atoms with Crippen LogP contribution in [-0.2, 0) is 28.6 Å². The van der Waals surface area contributed by atoms with Crippen LogP contribution in [0.5, 0.6) is 0 Å². The van der Waals surface area contributed by atoms with Gasteiger partial charge in [-0.3, -0.25) is 14.4 Å². The normalized spacial score (nSPS) is 12.9. The van der Waals surface area contributed by atoms with Crippen LogP contribution in [0.15, 0.2) is 109 Å². The monoisotopic (exact) mass is 943 g/mol. The summed E-state index contributed by atoms with van der Waals surface area (Å²) in [6.07, 6.45) is 74.9. The van der Waals surface area contributed by atoms with Gasteiger partial charge in [-0.05, 0) is 64.2 Å². The SMILES string of the molecule is CC\C=C/C=C\C=C/C=C\C=C\C=C/C=C\CCCCCC(=O)OCC(COC(=O)CCCCCCCCCCCCCC)OC(=O)CCCCCCCCCCCC/C=C\C=C/CCCCC. The lowest BCUT2D eigenvalue weighted by Crippen LogP contribution is -2.30. The predicted molar refractivity (Wildman–Crippen MR) is 293 cm³/mol. The van der Waals surface area contributed by atoms with Crippen LogP contribution >= 0.6 is 0 Å². The fourth-order valence-electron chi connectivity index (χ4n) is 7.53. The molecule has 0 saturated carbocycles. The summed E-state index contributed by atoms with van der Waals surface area (Å²) in [6, 6.07) is 0. The number of unbranched alkanes of at least 4 members (excludes halogenated alkanes) is 27. The van der Waals surface area contributed by atoms with Crippen molar-refractivity contribution in [2.45, 2.75) is 252 Å². The Bertz CT molecular complexity index is 1410. The first-order chi connectivity index (χ1) is 33.5. The Labute approximate surface area is 419 Å². The first-order valence-corrected chi connectivity index (χ1v) is 28.0. The number of hydrogen-bond donors (Lipinski definition) is 0. The number of ether oxygens (including phenoxy) is 3. The fourth-order valence-corrected chi connectivity index (χ4v) is 7.53. The number of hydrogen-bond acceptors (Lipinski definition) is 6. The van der Waals surface area contributed by atoms with Crippen LogP contribution in [0.4, 0.5) is 0 Å². The Kier molecular flexibility index (Phi) is 52.4. The molecule has 68 heavy (non-hydrogen) atoms. The molecule has 0 aromatic heterocycles. The quantitative estimate of drug-likeness (QED) is 0.0262. The Morgan fingerprint density at radius 3 is 0.956 bits per heavy atom. The maximum atomic E-state index is 12.9. The zero-order valence-electron chi connectivity index (χ0n) is 44.1. The summed E-state index contributed by atoms with van der Waals surface area (Å²) in [5.74, 6) is -0.943. The smallest absolute Gasteiger partial charge is 0.306 e. The lowest BCUT2D eigenvalue weighted by Gasteiger charge is -2.18. The molecule has 1 atom stereocenters. The van der Waals surface area contributed by atoms with Crippen molar-refractivity contribution in [1.82, 2.24) is 0 Å². The standard InChI is InChI=1S/C62H102O6/c1-4-7-10-13-16-19-22-25-27-29-31-33-35-37-40-43-46-49-52-55-61(64)67-58-59(57-66-60(63)54-51-48-45-42-39-24-21-18-15-12-9-6-3)68-62(65)56-53-50-47-44-41-38-36-34-32-30-28-26-23-20-17-14-11-8-5-2/h7,10,13,16-17,19-20,22-23,25-27,29,31,33,35,37,40,59H,4-6,8-9,11-12,14-15,18,21,24,28,30,32,34,36,38-39,41-58H2,1-3H3/b10-7-,16-13-,20-17-,22-19-,26-23-,27-25-,31-29+,35-33-,40-37-. The molecule has 0 radical (unpaired) electrons. The largest absolute Gasteiger partial charge is 0.462 e. The maximum Gasteiger partial charge on any atom is 0.306 e. The average molecular weight is 943 g/mol. The first-order valence-electron chi connectivity index (χ1n) is 28.0. The van der Waals surface area contributed by atoms with Gasteiger partial charge in [-0.2, -0.15) is 0 Å². The second-order valence-electron chi connectivity index (χ2n) is 18.3. The number of carbonyl (C=O) groups is 3. The summed E-state index contributed by atoms with van der Waals surface area (Å²) in [7, 11) is 0. The van der Waals surface area contributed by atoms with Gasteiger partial charge in [-0.15, -0.1) is 0 Å². The summed E-state index contributed by atoms with van der Waals surface area (Å²) in [5.41, 5.74) is 0. The van der Waals surface area contributed by atoms with Gasteiger partial charge in [0.15, 0.2) is 6.10 Å². The fraction of sp³-hybridized carbons (Fsp3) is 0.661. The van der Waals surface area contributed by atoms with Crippen LogP contribution in [0.25, 0.3) is 0 Å². The molecule has 6 nitrogen and oxygen atoms in total. The summed E-state index contributed by atoms with van der Waals surface area (Å²) < 4.78 is 16.8. The molecule has 0 N–H and O–H groups in total. The Morgan fingerprint density at radius 2 is 0.574 bits per heavy atom. The van der Waals surface area contributed by atoms with E-state index in [1.807, 2.05) is 72.9 Å². The van der Waals surface area contributed by atoms with E-state index in [0.29, 0.717) is 19.3 Å². The lowest BCUT2D eigenvalue weighted by molar-refractivity contribution is -0.167. The Morgan fingerprint density at radius 1 is 0.309 bits per heavy atom. The average Bonchev–Trinajstić information content (AvgIpc) is 3.34. The number of allylic oxidation sites excluding steroid dienone is 18. The number of carbonyl (C=O) groups excluding carboxylic acids is 3. The molecule has 0 aliphatic heterocycles. The highest BCUT2D eigenvalue weighted by atomic mass is 16.6. The second kappa shape index (κ2) is 55.7. The van der Waals surface area contributed by atoms with Gasteiger partial charge in [0.25, 0.3) is 0 Å². The third kappa shape index (κ3) is 53.0. The van der Waals surface area contributed by atoms with Crippen molar-refractivity contribution in [1.29, 1.82) is 0 Å². The van der Waals surface area contributed by atoms with Crippen LogP contribution in [0, 0.1) is 0 Å². The molecule has 0 saturated heterocycles. The van der Waals surface area contributed by atoms with E-state index in [2.05, 4.69) is 57.2 Å². The van der Waals surface area contributed by atoms with E-state index in [0.717, 1.165) is 70.6 Å². The molecule has 0 bridgehead atoms. The van der Waals surface area contributed by atoms with E-state index < -0.39 is 6.10 Å². The van der Waals surface area contributed by atoms with E-state index in [-0.39, 0.29) is 31.1 Å². The summed E-state index contributed by atoms with van der Waals surface area (Å²) >= 11 is 0. The molecular weight excluding hydrogens is 841 g/mol. The van der Waals surface area contributed by atoms with Gasteiger partial charge in [0.1, 0.15) is 13.2 Å². The molecule has 6 heteroatoms. The maximum absolute atomic E-state index is 12.9. The molecule has 0 aliphatic rings. The molecule has 1 unspecified atom stereocenters. The van der Waals surface area contributed by atoms with Crippen molar-refractivity contribution in [3.63, 3.8) is 0 Å². The van der Waals surface area contributed by atoms with E-state index >= 15 is 0 Å². The van der Waals surface area contributed by atoms with Crippen LogP contribution < -0.4 is 0 Å². The van der Waals surface area contributed by atoms with Crippen molar-refractivity contribution in [2.24, 2.45) is 0 Å². The molecule has 0 aromatic rings. The van der Waals surface area contributed by atoms with E-state index in [4.69, 9.17) is 14.2 Å². The van der Waals surface area contributed by atoms with Gasteiger partial charge in [0.05, 0.1) is 0 Å². The van der Waals surface area contributed by atoms with Gasteiger partial charge in [-0.25, -0.2) is 0 Å². The first kappa shape index (κ1) is 64.1. The zero-order chi connectivity index (χ0) is 49.3. The highest BCUT2D eigenvalue weighted by Crippen LogP contribution is 2.15. The Balaban J connectivity index is 4.47. The zero-order valence-corrected chi connectivity index (χ0v) is 44.1. The van der Waals surface area contributed by atoms with Crippen LogP contribution in [0.3, 0.4) is 0 Å². The lowest BCUT2D eigenvalue weighted by atomic mass is 10.0. The van der Waals surface area contributed by atoms with E-state index in [9.17, 15) is 14.4 Å². The van der Waals surface area contributed by atoms with Gasteiger partial charge in [0, 0.05) is 19.3 Å². The molecule has 0 amide bonds. The van der Waals surface area contributed by atoms with Crippen molar-refractivity contribution < 1.29 is 28.6 Å². The number of rotatable bonds is 49. The summed E-state index contributed by atoms with van der Waals surface area (Å²) in [5, 5.41) is 0. The van der Waals surface area contributed by atoms with Gasteiger partial charge in [0.2, 0.25) is 0 Å². The van der Waals surface area contributed by atoms with Gasteiger partial charge < -0.3 is 14.2 Å². The van der Waals surface area contributed by atoms with Crippen LogP contribution in [-0.4, -0.2) is 37.2 Å². The third-order valence-corrected chi connectivity index (χ3v) is 11.7. The number of esters is 3. The van der Waals surface area contributed by atoms with Crippen molar-refractivity contribution >= 4 is 17.9 Å². The summed E-state index contributed by atoms with van der Waals surface area (Å²) in [6.45, 7) is 6.42. The second-order valence-corrected chi connectivity index (χ2v) is 18.3. The molecule has 0 aromatic carbocycles. The summed E-state index contributed by atoms with van der Waals surface area (Å²) in [4.78, 5) is 38.1. The van der Waals surface area contributed by atoms with E-state index in [1.54, 1.807) is 0 Å². The topological polar surface area (TPSA) is 78.9 Å². The molecule has 0 heterocycles. The molecule has 0 spiro atoms. The van der Waals surface area contributed by atoms with Crippen LogP contribution in [0.1, 0.15) is 245 Å². The van der Waals surface area contributed by atoms with Crippen molar-refractivity contribution in [2.75, 3.05) is 13.2 Å². The van der Waals surface area contributed by atoms with Gasteiger partial charge in [-0.1, -0.05) is 271 Å². The minimum atomic E-state index is -0.799.